The van der Waals surface area contributed by atoms with Crippen molar-refractivity contribution in [1.82, 2.24) is 9.97 Å². The molecule has 1 rings (SSSR count). The molecule has 0 radical (unpaired) electrons. The Labute approximate surface area is 116 Å². The van der Waals surface area contributed by atoms with Crippen LogP contribution in [0.4, 0.5) is 5.82 Å². The fraction of sp³-hybridized carbons (Fsp3) is 0.600. The van der Waals surface area contributed by atoms with E-state index >= 15 is 0 Å². The molecule has 1 atom stereocenters. The number of nitrogens with zero attached hydrogens (tertiary/aromatic N) is 2. The van der Waals surface area contributed by atoms with Gasteiger partial charge in [0.15, 0.2) is 11.0 Å². The number of aromatic nitrogens is 2. The summed E-state index contributed by atoms with van der Waals surface area (Å²) in [6.45, 7) is 3.63. The zero-order chi connectivity index (χ0) is 14.5. The van der Waals surface area contributed by atoms with Crippen LogP contribution in [-0.4, -0.2) is 34.5 Å². The van der Waals surface area contributed by atoms with Gasteiger partial charge in [-0.3, -0.25) is 4.57 Å². The van der Waals surface area contributed by atoms with Crippen LogP contribution < -0.4 is 5.73 Å². The van der Waals surface area contributed by atoms with Crippen LogP contribution in [0.1, 0.15) is 25.3 Å². The first-order chi connectivity index (χ1) is 8.98. The van der Waals surface area contributed by atoms with Crippen LogP contribution in [0.2, 0.25) is 0 Å². The van der Waals surface area contributed by atoms with E-state index in [2.05, 4.69) is 9.97 Å². The number of aliphatic hydroxyl groups is 1. The molecule has 1 aromatic rings. The molecule has 0 aliphatic heterocycles. The topological polar surface area (TPSA) is 108 Å². The molecule has 9 heteroatoms. The van der Waals surface area contributed by atoms with Gasteiger partial charge >= 0.3 is 7.60 Å². The van der Waals surface area contributed by atoms with Crippen LogP contribution in [0.5, 0.6) is 0 Å². The summed E-state index contributed by atoms with van der Waals surface area (Å²) in [6.07, 6.45) is 3.14. The number of aliphatic hydroxyl groups excluding tert-OH is 1. The van der Waals surface area contributed by atoms with E-state index in [4.69, 9.17) is 14.8 Å². The summed E-state index contributed by atoms with van der Waals surface area (Å²) in [5, 5.41) is 10.6. The van der Waals surface area contributed by atoms with Crippen molar-refractivity contribution in [3.05, 3.63) is 11.8 Å². The smallest absolute Gasteiger partial charge is 0.363 e. The molecule has 0 saturated carbocycles. The molecule has 1 aromatic heterocycles. The fourth-order valence-electron chi connectivity index (χ4n) is 1.39. The molecule has 0 spiro atoms. The van der Waals surface area contributed by atoms with E-state index < -0.39 is 13.4 Å². The third-order valence-corrected chi connectivity index (χ3v) is 4.88. The van der Waals surface area contributed by atoms with Crippen molar-refractivity contribution in [2.45, 2.75) is 24.8 Å². The van der Waals surface area contributed by atoms with Gasteiger partial charge in [-0.2, -0.15) is 0 Å². The summed E-state index contributed by atoms with van der Waals surface area (Å²) in [5.41, 5.74) is 5.87. The first-order valence-corrected chi connectivity index (χ1v) is 8.55. The van der Waals surface area contributed by atoms with Gasteiger partial charge in [0.05, 0.1) is 18.8 Å². The van der Waals surface area contributed by atoms with Crippen LogP contribution in [0.3, 0.4) is 0 Å². The highest BCUT2D eigenvalue weighted by Gasteiger charge is 2.37. The quantitative estimate of drug-likeness (QED) is 0.447. The van der Waals surface area contributed by atoms with Gasteiger partial charge in [-0.1, -0.05) is 11.8 Å². The summed E-state index contributed by atoms with van der Waals surface area (Å²) in [7, 11) is -3.69. The van der Waals surface area contributed by atoms with Gasteiger partial charge in [0.25, 0.3) is 0 Å². The summed E-state index contributed by atoms with van der Waals surface area (Å²) < 4.78 is 22.5. The van der Waals surface area contributed by atoms with E-state index in [1.54, 1.807) is 20.1 Å². The van der Waals surface area contributed by atoms with E-state index in [9.17, 15) is 9.67 Å². The van der Waals surface area contributed by atoms with Gasteiger partial charge in [0, 0.05) is 6.20 Å². The average molecular weight is 307 g/mol. The minimum atomic E-state index is -3.69. The van der Waals surface area contributed by atoms with Gasteiger partial charge in [0.2, 0.25) is 0 Å². The Bertz CT molecular complexity index is 464. The van der Waals surface area contributed by atoms with E-state index in [1.165, 1.54) is 18.0 Å². The van der Waals surface area contributed by atoms with E-state index in [0.717, 1.165) is 0 Å². The van der Waals surface area contributed by atoms with Crippen molar-refractivity contribution in [1.29, 1.82) is 0 Å². The number of anilines is 1. The Balaban J connectivity index is 3.09. The van der Waals surface area contributed by atoms with Crippen LogP contribution >= 0.6 is 19.4 Å². The molecule has 1 heterocycles. The standard InChI is InChI=1S/C10H18N3O4PS/c1-4-16-18(15,17-5-2)9(14)7-6-12-10(19-3)13-8(7)11/h6,9,14H,4-5H2,1-3H3,(H2,11,12,13). The maximum Gasteiger partial charge on any atom is 0.363 e. The van der Waals surface area contributed by atoms with Gasteiger partial charge in [-0.15, -0.1) is 0 Å². The molecule has 108 valence electrons. The van der Waals surface area contributed by atoms with Crippen molar-refractivity contribution in [3.8, 4) is 0 Å². The van der Waals surface area contributed by atoms with Crippen molar-refractivity contribution in [2.24, 2.45) is 0 Å². The largest absolute Gasteiger partial charge is 0.383 e. The second-order valence-corrected chi connectivity index (χ2v) is 6.30. The lowest BCUT2D eigenvalue weighted by Gasteiger charge is -2.22. The second-order valence-electron chi connectivity index (χ2n) is 3.45. The first kappa shape index (κ1) is 16.4. The highest BCUT2D eigenvalue weighted by molar-refractivity contribution is 7.98. The Morgan fingerprint density at radius 3 is 2.47 bits per heavy atom. The molecule has 0 aliphatic rings. The summed E-state index contributed by atoms with van der Waals surface area (Å²) in [5.74, 6) is -1.44. The molecule has 3 N–H and O–H groups in total. The van der Waals surface area contributed by atoms with Gasteiger partial charge < -0.3 is 19.9 Å². The maximum atomic E-state index is 12.4. The van der Waals surface area contributed by atoms with Crippen molar-refractivity contribution in [2.75, 3.05) is 25.2 Å². The summed E-state index contributed by atoms with van der Waals surface area (Å²) in [4.78, 5) is 7.98. The predicted molar refractivity (Wildman–Crippen MR) is 74.0 cm³/mol. The van der Waals surface area contributed by atoms with Crippen LogP contribution in [-0.2, 0) is 13.6 Å². The molecule has 7 nitrogen and oxygen atoms in total. The van der Waals surface area contributed by atoms with Gasteiger partial charge in [0.1, 0.15) is 5.82 Å². The molecular weight excluding hydrogens is 289 g/mol. The summed E-state index contributed by atoms with van der Waals surface area (Å²) >= 11 is 1.32. The maximum absolute atomic E-state index is 12.4. The third kappa shape index (κ3) is 3.90. The Hall–Kier alpha value is -0.660. The van der Waals surface area contributed by atoms with Crippen molar-refractivity contribution >= 4 is 25.2 Å². The lowest BCUT2D eigenvalue weighted by Crippen LogP contribution is -2.10. The van der Waals surface area contributed by atoms with E-state index in [0.29, 0.717) is 5.16 Å². The number of hydrogen-bond acceptors (Lipinski definition) is 8. The molecule has 0 aliphatic carbocycles. The van der Waals surface area contributed by atoms with Gasteiger partial charge in [-0.05, 0) is 20.1 Å². The molecule has 0 bridgehead atoms. The van der Waals surface area contributed by atoms with Crippen LogP contribution in [0, 0.1) is 0 Å². The van der Waals surface area contributed by atoms with Crippen molar-refractivity contribution in [3.63, 3.8) is 0 Å². The first-order valence-electron chi connectivity index (χ1n) is 5.71. The molecule has 0 fully saturated rings. The minimum Gasteiger partial charge on any atom is -0.383 e. The van der Waals surface area contributed by atoms with Crippen LogP contribution in [0.15, 0.2) is 11.4 Å². The van der Waals surface area contributed by atoms with Crippen molar-refractivity contribution < 1.29 is 18.7 Å². The molecule has 1 unspecified atom stereocenters. The predicted octanol–water partition coefficient (Wildman–Crippen LogP) is 2.04. The number of nitrogen functional groups attached to an aromatic ring is 1. The number of thioether (sulfide) groups is 1. The molecule has 0 amide bonds. The molecule has 0 aromatic carbocycles. The zero-order valence-corrected chi connectivity index (χ0v) is 12.8. The number of hydrogen-bond donors (Lipinski definition) is 2. The van der Waals surface area contributed by atoms with Gasteiger partial charge in [-0.25, -0.2) is 9.97 Å². The second kappa shape index (κ2) is 7.21. The molecular formula is C10H18N3O4PS. The number of rotatable bonds is 7. The Kier molecular flexibility index (Phi) is 6.22. The third-order valence-electron chi connectivity index (χ3n) is 2.20. The highest BCUT2D eigenvalue weighted by Crippen LogP contribution is 2.60. The molecule has 0 saturated heterocycles. The zero-order valence-electron chi connectivity index (χ0n) is 11.1. The monoisotopic (exact) mass is 307 g/mol. The summed E-state index contributed by atoms with van der Waals surface area (Å²) in [6, 6.07) is 0. The number of nitrogens with two attached hydrogens (primary N) is 1. The van der Waals surface area contributed by atoms with E-state index in [1.807, 2.05) is 0 Å². The highest BCUT2D eigenvalue weighted by atomic mass is 32.2. The lowest BCUT2D eigenvalue weighted by atomic mass is 10.3. The minimum absolute atomic E-state index is 0.0616. The van der Waals surface area contributed by atoms with E-state index in [-0.39, 0.29) is 24.6 Å². The van der Waals surface area contributed by atoms with Crippen LogP contribution in [0.25, 0.3) is 0 Å². The molecule has 19 heavy (non-hydrogen) atoms. The SMILES string of the molecule is CCOP(=O)(OCC)C(O)c1cnc(SC)nc1N. The average Bonchev–Trinajstić information content (AvgIpc) is 2.38. The fourth-order valence-corrected chi connectivity index (χ4v) is 3.36. The Morgan fingerprint density at radius 2 is 2.05 bits per heavy atom. The lowest BCUT2D eigenvalue weighted by molar-refractivity contribution is 0.150. The normalized spacial score (nSPS) is 13.5. The Morgan fingerprint density at radius 1 is 1.47 bits per heavy atom.